The number of rotatable bonds is 8. The van der Waals surface area contributed by atoms with Gasteiger partial charge in [0.05, 0.1) is 24.8 Å². The summed E-state index contributed by atoms with van der Waals surface area (Å²) in [5.74, 6) is -6.52. The fourth-order valence-corrected chi connectivity index (χ4v) is 4.37. The Hall–Kier alpha value is -3.49. The number of hydrogen-bond acceptors (Lipinski definition) is 5. The normalized spacial score (nSPS) is 17.5. The van der Waals surface area contributed by atoms with Gasteiger partial charge in [0, 0.05) is 38.3 Å². The van der Waals surface area contributed by atoms with Crippen molar-refractivity contribution in [2.24, 2.45) is 5.92 Å². The third-order valence-corrected chi connectivity index (χ3v) is 6.58. The lowest BCUT2D eigenvalue weighted by Gasteiger charge is -2.36. The first-order chi connectivity index (χ1) is 18.2. The molecule has 2 fully saturated rings. The number of carbonyl (C=O) groups is 2. The standard InChI is InChI=1S/C24H29F5N6O4/c1-14(2)12-34-20-15(11-30-35(20)22(39)18(21(34)38)19(37)31-16-4-5-16)3-6-17(36)33-9-7-32(8-10-33)13-23(25,26)24(27,28)29/h3,6,11,14,16H,4-5,7-10,12-13H2,1-2H3,(H2,31,37,38,39)/p+1/b6-3+. The number of carbonyl (C=O) groups excluding carboxylic acids is 2. The van der Waals surface area contributed by atoms with Gasteiger partial charge in [-0.3, -0.25) is 14.5 Å². The van der Waals surface area contributed by atoms with E-state index in [1.54, 1.807) is 0 Å². The Bertz CT molecular complexity index is 1340. The maximum Gasteiger partial charge on any atom is 0.454 e. The molecule has 15 heteroatoms. The van der Waals surface area contributed by atoms with Crippen molar-refractivity contribution in [3.8, 4) is 5.88 Å². The quantitative estimate of drug-likeness (QED) is 0.257. The van der Waals surface area contributed by atoms with Crippen LogP contribution in [-0.2, 0) is 11.3 Å². The molecule has 1 saturated carbocycles. The SMILES string of the molecule is CC(C)C[n+]1c(O)c(C(=O)NC2CC2)c(=O)n2[nH]cc(/C=C/C(=O)N3CCN(CC(F)(F)C(F)(F)F)CC3)c21. The van der Waals surface area contributed by atoms with Crippen LogP contribution in [0, 0.1) is 5.92 Å². The van der Waals surface area contributed by atoms with Crippen LogP contribution in [0.5, 0.6) is 5.88 Å². The predicted molar refractivity (Wildman–Crippen MR) is 128 cm³/mol. The molecule has 214 valence electrons. The lowest BCUT2D eigenvalue weighted by atomic mass is 10.2. The van der Waals surface area contributed by atoms with Gasteiger partial charge in [-0.25, -0.2) is 9.89 Å². The summed E-state index contributed by atoms with van der Waals surface area (Å²) < 4.78 is 66.7. The Balaban J connectivity index is 1.53. The first-order valence-electron chi connectivity index (χ1n) is 12.5. The van der Waals surface area contributed by atoms with Gasteiger partial charge in [0.25, 0.3) is 5.91 Å². The van der Waals surface area contributed by atoms with E-state index >= 15 is 0 Å². The number of nitrogens with one attached hydrogen (secondary N) is 2. The van der Waals surface area contributed by atoms with Crippen molar-refractivity contribution in [2.45, 2.75) is 51.4 Å². The summed E-state index contributed by atoms with van der Waals surface area (Å²) in [7, 11) is 0. The van der Waals surface area contributed by atoms with Crippen LogP contribution in [0.3, 0.4) is 0 Å². The lowest BCUT2D eigenvalue weighted by Crippen LogP contribution is -2.54. The number of hydrogen-bond donors (Lipinski definition) is 3. The Morgan fingerprint density at radius 2 is 1.82 bits per heavy atom. The molecule has 3 N–H and O–H groups in total. The van der Waals surface area contributed by atoms with Crippen LogP contribution in [0.4, 0.5) is 22.0 Å². The number of alkyl halides is 5. The highest BCUT2D eigenvalue weighted by atomic mass is 19.4. The van der Waals surface area contributed by atoms with Crippen LogP contribution in [0.25, 0.3) is 11.7 Å². The van der Waals surface area contributed by atoms with E-state index in [0.29, 0.717) is 5.56 Å². The molecule has 0 aromatic carbocycles. The number of aromatic nitrogens is 3. The average molecular weight is 562 g/mol. The molecule has 2 aromatic heterocycles. The molecule has 0 spiro atoms. The molecule has 2 aromatic rings. The molecule has 2 aliphatic rings. The minimum atomic E-state index is -5.65. The van der Waals surface area contributed by atoms with Crippen LogP contribution in [0.2, 0.25) is 0 Å². The summed E-state index contributed by atoms with van der Waals surface area (Å²) in [4.78, 5) is 40.8. The van der Waals surface area contributed by atoms with E-state index in [2.05, 4.69) is 10.4 Å². The number of nitrogens with zero attached hydrogens (tertiary/aromatic N) is 4. The second-order valence-electron chi connectivity index (χ2n) is 10.3. The van der Waals surface area contributed by atoms with Crippen LogP contribution in [-0.4, -0.2) is 87.2 Å². The van der Waals surface area contributed by atoms with Crippen LogP contribution in [0.15, 0.2) is 17.1 Å². The molecule has 1 saturated heterocycles. The van der Waals surface area contributed by atoms with Gasteiger partial charge in [0.2, 0.25) is 11.5 Å². The monoisotopic (exact) mass is 561 g/mol. The van der Waals surface area contributed by atoms with Crippen molar-refractivity contribution in [1.82, 2.24) is 24.7 Å². The molecule has 0 radical (unpaired) electrons. The molecule has 0 bridgehead atoms. The molecule has 39 heavy (non-hydrogen) atoms. The van der Waals surface area contributed by atoms with Gasteiger partial charge in [-0.2, -0.15) is 26.5 Å². The minimum absolute atomic E-state index is 0.0101. The Labute approximate surface area is 219 Å². The van der Waals surface area contributed by atoms with Gasteiger partial charge in [-0.1, -0.05) is 18.4 Å². The van der Waals surface area contributed by atoms with E-state index in [9.17, 15) is 41.4 Å². The van der Waals surface area contributed by atoms with Crippen LogP contribution in [0.1, 0.15) is 42.6 Å². The van der Waals surface area contributed by atoms with E-state index < -0.39 is 47.5 Å². The molecule has 10 nitrogen and oxygen atoms in total. The van der Waals surface area contributed by atoms with Crippen molar-refractivity contribution >= 4 is 23.5 Å². The molecule has 0 atom stereocenters. The van der Waals surface area contributed by atoms with Crippen molar-refractivity contribution in [3.05, 3.63) is 33.8 Å². The van der Waals surface area contributed by atoms with Gasteiger partial charge in [0.1, 0.15) is 0 Å². The highest BCUT2D eigenvalue weighted by Gasteiger charge is 2.58. The van der Waals surface area contributed by atoms with E-state index in [1.165, 1.54) is 27.8 Å². The summed E-state index contributed by atoms with van der Waals surface area (Å²) in [6, 6.07) is -0.0355. The number of piperazine rings is 1. The Kier molecular flexibility index (Phi) is 7.74. The van der Waals surface area contributed by atoms with Crippen molar-refractivity contribution in [3.63, 3.8) is 0 Å². The maximum atomic E-state index is 13.3. The lowest BCUT2D eigenvalue weighted by molar-refractivity contribution is -0.686. The number of H-pyrrole nitrogens is 1. The zero-order chi connectivity index (χ0) is 28.7. The first kappa shape index (κ1) is 28.5. The number of aromatic hydroxyl groups is 1. The van der Waals surface area contributed by atoms with Crippen molar-refractivity contribution in [2.75, 3.05) is 32.7 Å². The highest BCUT2D eigenvalue weighted by Crippen LogP contribution is 2.36. The zero-order valence-electron chi connectivity index (χ0n) is 21.4. The molecule has 1 aliphatic carbocycles. The summed E-state index contributed by atoms with van der Waals surface area (Å²) in [6.45, 7) is 2.15. The Morgan fingerprint density at radius 3 is 2.38 bits per heavy atom. The van der Waals surface area contributed by atoms with Gasteiger partial charge >= 0.3 is 29.2 Å². The zero-order valence-corrected chi connectivity index (χ0v) is 21.4. The largest absolute Gasteiger partial charge is 0.477 e. The van der Waals surface area contributed by atoms with Crippen molar-refractivity contribution < 1.29 is 41.2 Å². The highest BCUT2D eigenvalue weighted by molar-refractivity contribution is 5.96. The second-order valence-corrected chi connectivity index (χ2v) is 10.3. The minimum Gasteiger partial charge on any atom is -0.477 e. The van der Waals surface area contributed by atoms with E-state index in [1.807, 2.05) is 13.8 Å². The van der Waals surface area contributed by atoms with Gasteiger partial charge in [-0.05, 0) is 24.8 Å². The summed E-state index contributed by atoms with van der Waals surface area (Å²) in [5, 5.41) is 16.4. The molecule has 2 amide bonds. The number of amides is 2. The molecular weight excluding hydrogens is 531 g/mol. The number of halogens is 5. The topological polar surface area (TPSA) is 114 Å². The smallest absolute Gasteiger partial charge is 0.454 e. The molecule has 4 rings (SSSR count). The predicted octanol–water partition coefficient (Wildman–Crippen LogP) is 1.52. The fourth-order valence-electron chi connectivity index (χ4n) is 4.37. The van der Waals surface area contributed by atoms with Gasteiger partial charge in [-0.15, -0.1) is 0 Å². The van der Waals surface area contributed by atoms with Gasteiger partial charge < -0.3 is 15.3 Å². The molecule has 3 heterocycles. The maximum absolute atomic E-state index is 13.3. The summed E-state index contributed by atoms with van der Waals surface area (Å²) >= 11 is 0. The fraction of sp³-hybridized carbons (Fsp3) is 0.583. The Morgan fingerprint density at radius 1 is 1.18 bits per heavy atom. The van der Waals surface area contributed by atoms with Crippen LogP contribution < -0.4 is 15.4 Å². The third-order valence-electron chi connectivity index (χ3n) is 6.58. The molecule has 1 aliphatic heterocycles. The average Bonchev–Trinajstić information content (AvgIpc) is 3.55. The van der Waals surface area contributed by atoms with Crippen LogP contribution >= 0.6 is 0 Å². The third kappa shape index (κ3) is 6.07. The summed E-state index contributed by atoms with van der Waals surface area (Å²) in [6.07, 6.45) is -0.0372. The second kappa shape index (κ2) is 10.6. The summed E-state index contributed by atoms with van der Waals surface area (Å²) in [5.41, 5.74) is -0.590. The number of fused-ring (bicyclic) bond motifs is 1. The van der Waals surface area contributed by atoms with Crippen molar-refractivity contribution in [1.29, 1.82) is 0 Å². The van der Waals surface area contributed by atoms with E-state index in [4.69, 9.17) is 0 Å². The van der Waals surface area contributed by atoms with E-state index in [-0.39, 0.29) is 50.3 Å². The van der Waals surface area contributed by atoms with Gasteiger partial charge in [0.15, 0.2) is 0 Å². The molecular formula is C24H30F5N6O4+. The first-order valence-corrected chi connectivity index (χ1v) is 12.5. The molecule has 0 unspecified atom stereocenters. The number of aromatic amines is 1. The van der Waals surface area contributed by atoms with E-state index in [0.717, 1.165) is 22.3 Å².